The van der Waals surface area contributed by atoms with Gasteiger partial charge in [0.15, 0.2) is 0 Å². The maximum Gasteiger partial charge on any atom is 0.323 e. The Morgan fingerprint density at radius 1 is 1.57 bits per heavy atom. The Morgan fingerprint density at radius 2 is 2.43 bits per heavy atom. The molecule has 0 aromatic rings. The van der Waals surface area contributed by atoms with Crippen LogP contribution in [0, 0.1) is 0 Å². The van der Waals surface area contributed by atoms with Crippen molar-refractivity contribution in [1.82, 2.24) is 5.32 Å². The number of nitrogens with one attached hydrogen (secondary N) is 1. The molecular weight excluding hydrogens is 198 g/mol. The van der Waals surface area contributed by atoms with Gasteiger partial charge < -0.3 is 10.1 Å². The molecule has 0 radical (unpaired) electrons. The molecule has 14 heavy (non-hydrogen) atoms. The fraction of sp³-hybridized carbons (Fsp3) is 0.900. The molecule has 1 heterocycles. The van der Waals surface area contributed by atoms with Crippen LogP contribution in [-0.4, -0.2) is 36.7 Å². The highest BCUT2D eigenvalue weighted by atomic mass is 32.2. The van der Waals surface area contributed by atoms with Crippen molar-refractivity contribution < 1.29 is 9.53 Å². The average molecular weight is 217 g/mol. The number of carbonyl (C=O) groups excluding carboxylic acids is 1. The molecule has 1 fully saturated rings. The summed E-state index contributed by atoms with van der Waals surface area (Å²) in [6, 6.07) is -0.0737. The monoisotopic (exact) mass is 217 g/mol. The Hall–Kier alpha value is -0.220. The number of unbranched alkanes of at least 4 members (excludes halogenated alkanes) is 2. The van der Waals surface area contributed by atoms with Gasteiger partial charge in [-0.15, -0.1) is 0 Å². The number of carbonyl (C=O) groups is 1. The van der Waals surface area contributed by atoms with Crippen LogP contribution in [0.15, 0.2) is 0 Å². The van der Waals surface area contributed by atoms with Crippen LogP contribution in [-0.2, 0) is 9.53 Å². The zero-order chi connectivity index (χ0) is 10.2. The number of thioether (sulfide) groups is 1. The second kappa shape index (κ2) is 7.12. The first-order valence-electron chi connectivity index (χ1n) is 5.32. The smallest absolute Gasteiger partial charge is 0.323 e. The van der Waals surface area contributed by atoms with Gasteiger partial charge in [-0.3, -0.25) is 4.79 Å². The summed E-state index contributed by atoms with van der Waals surface area (Å²) in [7, 11) is 0. The molecule has 0 amide bonds. The molecule has 0 aromatic carbocycles. The summed E-state index contributed by atoms with van der Waals surface area (Å²) in [4.78, 5) is 11.5. The Morgan fingerprint density at radius 3 is 3.07 bits per heavy atom. The Balaban J connectivity index is 2.07. The molecule has 3 nitrogen and oxygen atoms in total. The van der Waals surface area contributed by atoms with E-state index in [2.05, 4.69) is 12.2 Å². The van der Waals surface area contributed by atoms with Crippen molar-refractivity contribution in [1.29, 1.82) is 0 Å². The van der Waals surface area contributed by atoms with E-state index in [0.717, 1.165) is 37.3 Å². The van der Waals surface area contributed by atoms with E-state index in [4.69, 9.17) is 4.74 Å². The maximum atomic E-state index is 11.5. The van der Waals surface area contributed by atoms with Crippen molar-refractivity contribution in [2.45, 2.75) is 32.2 Å². The van der Waals surface area contributed by atoms with Crippen molar-refractivity contribution in [3.8, 4) is 0 Å². The van der Waals surface area contributed by atoms with E-state index in [1.807, 2.05) is 11.8 Å². The van der Waals surface area contributed by atoms with Crippen LogP contribution < -0.4 is 5.32 Å². The van der Waals surface area contributed by atoms with E-state index in [1.54, 1.807) is 0 Å². The number of hydrogen-bond donors (Lipinski definition) is 1. The second-order valence-electron chi connectivity index (χ2n) is 3.46. The Kier molecular flexibility index (Phi) is 6.03. The topological polar surface area (TPSA) is 38.3 Å². The van der Waals surface area contributed by atoms with Crippen molar-refractivity contribution >= 4 is 17.7 Å². The van der Waals surface area contributed by atoms with Gasteiger partial charge in [0.2, 0.25) is 0 Å². The Labute approximate surface area is 90.0 Å². The van der Waals surface area contributed by atoms with Crippen LogP contribution in [0.2, 0.25) is 0 Å². The maximum absolute atomic E-state index is 11.5. The molecular formula is C10H19NO2S. The Bertz CT molecular complexity index is 170. The number of rotatable bonds is 5. The summed E-state index contributed by atoms with van der Waals surface area (Å²) in [5, 5.41) is 3.16. The van der Waals surface area contributed by atoms with Crippen LogP contribution in [0.1, 0.15) is 26.2 Å². The lowest BCUT2D eigenvalue weighted by Crippen LogP contribution is -2.44. The molecule has 1 rings (SSSR count). The zero-order valence-corrected chi connectivity index (χ0v) is 9.57. The van der Waals surface area contributed by atoms with Crippen LogP contribution in [0.4, 0.5) is 0 Å². The van der Waals surface area contributed by atoms with Crippen LogP contribution in [0.25, 0.3) is 0 Å². The van der Waals surface area contributed by atoms with Gasteiger partial charge in [-0.25, -0.2) is 0 Å². The summed E-state index contributed by atoms with van der Waals surface area (Å²) in [6.07, 6.45) is 3.29. The van der Waals surface area contributed by atoms with E-state index >= 15 is 0 Å². The molecule has 0 saturated carbocycles. The summed E-state index contributed by atoms with van der Waals surface area (Å²) >= 11 is 1.81. The first kappa shape index (κ1) is 11.9. The van der Waals surface area contributed by atoms with E-state index in [0.29, 0.717) is 6.61 Å². The minimum absolute atomic E-state index is 0.0737. The van der Waals surface area contributed by atoms with Gasteiger partial charge in [0.05, 0.1) is 6.61 Å². The van der Waals surface area contributed by atoms with Gasteiger partial charge in [0.25, 0.3) is 0 Å². The van der Waals surface area contributed by atoms with Gasteiger partial charge in [-0.2, -0.15) is 11.8 Å². The lowest BCUT2D eigenvalue weighted by atomic mass is 10.3. The average Bonchev–Trinajstić information content (AvgIpc) is 2.25. The van der Waals surface area contributed by atoms with Crippen molar-refractivity contribution in [3.05, 3.63) is 0 Å². The van der Waals surface area contributed by atoms with E-state index in [1.165, 1.54) is 0 Å². The third kappa shape index (κ3) is 4.33. The van der Waals surface area contributed by atoms with Crippen molar-refractivity contribution in [2.24, 2.45) is 0 Å². The lowest BCUT2D eigenvalue weighted by molar-refractivity contribution is -0.145. The largest absolute Gasteiger partial charge is 0.465 e. The zero-order valence-electron chi connectivity index (χ0n) is 8.75. The van der Waals surface area contributed by atoms with E-state index in [-0.39, 0.29) is 12.0 Å². The summed E-state index contributed by atoms with van der Waals surface area (Å²) in [6.45, 7) is 3.63. The number of hydrogen-bond acceptors (Lipinski definition) is 4. The van der Waals surface area contributed by atoms with Crippen LogP contribution >= 0.6 is 11.8 Å². The van der Waals surface area contributed by atoms with Gasteiger partial charge >= 0.3 is 5.97 Å². The third-order valence-electron chi connectivity index (χ3n) is 2.20. The van der Waals surface area contributed by atoms with Gasteiger partial charge in [0.1, 0.15) is 6.04 Å². The standard InChI is InChI=1S/C10H19NO2S/c1-2-3-4-6-13-10(12)9-8-14-7-5-11-9/h9,11H,2-8H2,1H3. The number of esters is 1. The van der Waals surface area contributed by atoms with Crippen molar-refractivity contribution in [2.75, 3.05) is 24.7 Å². The molecule has 1 saturated heterocycles. The number of ether oxygens (including phenoxy) is 1. The predicted octanol–water partition coefficient (Wildman–Crippen LogP) is 1.42. The van der Waals surface area contributed by atoms with Crippen LogP contribution in [0.5, 0.6) is 0 Å². The first-order valence-corrected chi connectivity index (χ1v) is 6.48. The summed E-state index contributed by atoms with van der Waals surface area (Å²) < 4.78 is 5.17. The highest BCUT2D eigenvalue weighted by Gasteiger charge is 2.21. The molecule has 0 bridgehead atoms. The predicted molar refractivity (Wildman–Crippen MR) is 59.6 cm³/mol. The quantitative estimate of drug-likeness (QED) is 0.558. The molecule has 1 aliphatic rings. The fourth-order valence-electron chi connectivity index (χ4n) is 1.34. The molecule has 0 aromatic heterocycles. The van der Waals surface area contributed by atoms with Crippen molar-refractivity contribution in [3.63, 3.8) is 0 Å². The third-order valence-corrected chi connectivity index (χ3v) is 3.26. The second-order valence-corrected chi connectivity index (χ2v) is 4.61. The molecule has 0 spiro atoms. The van der Waals surface area contributed by atoms with E-state index in [9.17, 15) is 4.79 Å². The van der Waals surface area contributed by atoms with Gasteiger partial charge in [-0.1, -0.05) is 19.8 Å². The fourth-order valence-corrected chi connectivity index (χ4v) is 2.26. The SMILES string of the molecule is CCCCCOC(=O)C1CSCCN1. The molecule has 1 aliphatic heterocycles. The summed E-state index contributed by atoms with van der Waals surface area (Å²) in [5.74, 6) is 1.87. The normalized spacial score (nSPS) is 21.9. The lowest BCUT2D eigenvalue weighted by Gasteiger charge is -2.21. The van der Waals surface area contributed by atoms with Gasteiger partial charge in [-0.05, 0) is 6.42 Å². The molecule has 4 heteroatoms. The van der Waals surface area contributed by atoms with Crippen LogP contribution in [0.3, 0.4) is 0 Å². The summed E-state index contributed by atoms with van der Waals surface area (Å²) in [5.41, 5.74) is 0. The molecule has 82 valence electrons. The van der Waals surface area contributed by atoms with E-state index < -0.39 is 0 Å². The van der Waals surface area contributed by atoms with Gasteiger partial charge in [0, 0.05) is 18.1 Å². The minimum Gasteiger partial charge on any atom is -0.465 e. The minimum atomic E-state index is -0.0756. The molecule has 1 N–H and O–H groups in total. The molecule has 1 unspecified atom stereocenters. The first-order chi connectivity index (χ1) is 6.84. The molecule has 0 aliphatic carbocycles. The molecule has 1 atom stereocenters. The highest BCUT2D eigenvalue weighted by molar-refractivity contribution is 7.99. The highest BCUT2D eigenvalue weighted by Crippen LogP contribution is 2.08.